The molecule has 1 heterocycles. The standard InChI is InChI=1S/C30H29Cl2N5O7S2/c1-21(38)34-25-9-15-28(16-10-25)45(40,41)36(2)20-30(39)35-33-17-26-11-12-27(44-26)19-37(18-22-3-5-23(31)6-4-22)46(42,43)29-13-7-24(32)8-14-29/h3-17H,18-20H2,1-2H3,(H,34,38)(H,35,39)/b33-17-. The molecule has 2 amide bonds. The number of sulfonamides is 2. The minimum absolute atomic E-state index is 0.0260. The van der Waals surface area contributed by atoms with E-state index in [1.807, 2.05) is 0 Å². The van der Waals surface area contributed by atoms with E-state index in [0.717, 1.165) is 4.31 Å². The zero-order valence-corrected chi connectivity index (χ0v) is 27.7. The molecule has 0 radical (unpaired) electrons. The zero-order valence-electron chi connectivity index (χ0n) is 24.6. The van der Waals surface area contributed by atoms with Crippen LogP contribution in [0, 0.1) is 0 Å². The van der Waals surface area contributed by atoms with Crippen LogP contribution < -0.4 is 10.7 Å². The summed E-state index contributed by atoms with van der Waals surface area (Å²) in [7, 11) is -6.73. The minimum atomic E-state index is -4.00. The summed E-state index contributed by atoms with van der Waals surface area (Å²) in [5.41, 5.74) is 3.37. The van der Waals surface area contributed by atoms with Gasteiger partial charge in [-0.15, -0.1) is 0 Å². The maximum absolute atomic E-state index is 13.6. The first-order valence-corrected chi connectivity index (χ1v) is 17.1. The smallest absolute Gasteiger partial charge is 0.255 e. The molecule has 0 aliphatic carbocycles. The lowest BCUT2D eigenvalue weighted by molar-refractivity contribution is -0.121. The largest absolute Gasteiger partial charge is 0.459 e. The molecule has 16 heteroatoms. The summed E-state index contributed by atoms with van der Waals surface area (Å²) >= 11 is 11.9. The van der Waals surface area contributed by atoms with Crippen molar-refractivity contribution in [3.8, 4) is 0 Å². The van der Waals surface area contributed by atoms with Crippen LogP contribution in [0.3, 0.4) is 0 Å². The van der Waals surface area contributed by atoms with Crippen LogP contribution in [-0.4, -0.2) is 57.1 Å². The molecule has 0 saturated heterocycles. The van der Waals surface area contributed by atoms with Gasteiger partial charge in [0, 0.05) is 36.2 Å². The second-order valence-corrected chi connectivity index (χ2v) is 14.8. The van der Waals surface area contributed by atoms with Crippen molar-refractivity contribution in [1.82, 2.24) is 14.0 Å². The topological polar surface area (TPSA) is 158 Å². The number of nitrogens with one attached hydrogen (secondary N) is 2. The molecular weight excluding hydrogens is 677 g/mol. The lowest BCUT2D eigenvalue weighted by Crippen LogP contribution is -2.36. The summed E-state index contributed by atoms with van der Waals surface area (Å²) in [6.45, 7) is 0.707. The van der Waals surface area contributed by atoms with Crippen LogP contribution in [0.15, 0.2) is 104 Å². The Kier molecular flexibility index (Phi) is 11.4. The van der Waals surface area contributed by atoms with Crippen molar-refractivity contribution in [2.45, 2.75) is 29.8 Å². The summed E-state index contributed by atoms with van der Waals surface area (Å²) < 4.78 is 60.6. The quantitative estimate of drug-likeness (QED) is 0.151. The van der Waals surface area contributed by atoms with Crippen molar-refractivity contribution < 1.29 is 30.8 Å². The molecule has 2 N–H and O–H groups in total. The maximum Gasteiger partial charge on any atom is 0.255 e. The van der Waals surface area contributed by atoms with Gasteiger partial charge in [-0.05, 0) is 78.4 Å². The fourth-order valence-electron chi connectivity index (χ4n) is 4.08. The number of halogens is 2. The van der Waals surface area contributed by atoms with E-state index >= 15 is 0 Å². The molecule has 1 aromatic heterocycles. The molecule has 0 unspecified atom stereocenters. The third-order valence-electron chi connectivity index (χ3n) is 6.37. The molecule has 4 aromatic rings. The Hall–Kier alpha value is -4.05. The van der Waals surface area contributed by atoms with E-state index in [4.69, 9.17) is 27.6 Å². The van der Waals surface area contributed by atoms with Gasteiger partial charge < -0.3 is 9.73 Å². The van der Waals surface area contributed by atoms with Gasteiger partial charge in [-0.25, -0.2) is 22.3 Å². The molecule has 0 aliphatic rings. The number of likely N-dealkylation sites (N-methyl/N-ethyl adjacent to an activating group) is 1. The second-order valence-electron chi connectivity index (χ2n) is 9.92. The lowest BCUT2D eigenvalue weighted by atomic mass is 10.2. The molecule has 0 fully saturated rings. The molecule has 0 saturated carbocycles. The number of hydrazone groups is 1. The Morgan fingerprint density at radius 3 is 1.98 bits per heavy atom. The predicted octanol–water partition coefficient (Wildman–Crippen LogP) is 4.71. The van der Waals surface area contributed by atoms with Crippen LogP contribution in [0.25, 0.3) is 0 Å². The minimum Gasteiger partial charge on any atom is -0.459 e. The maximum atomic E-state index is 13.6. The zero-order chi connectivity index (χ0) is 33.5. The van der Waals surface area contributed by atoms with E-state index in [2.05, 4.69) is 15.8 Å². The van der Waals surface area contributed by atoms with E-state index in [9.17, 15) is 26.4 Å². The number of nitrogens with zero attached hydrogens (tertiary/aromatic N) is 3. The molecular formula is C30H29Cl2N5O7S2. The van der Waals surface area contributed by atoms with Crippen molar-refractivity contribution in [3.05, 3.63) is 112 Å². The molecule has 3 aromatic carbocycles. The van der Waals surface area contributed by atoms with E-state index < -0.39 is 32.5 Å². The van der Waals surface area contributed by atoms with E-state index in [1.54, 1.807) is 36.4 Å². The fraction of sp³-hybridized carbons (Fsp3) is 0.167. The molecule has 4 rings (SSSR count). The summed E-state index contributed by atoms with van der Waals surface area (Å²) in [6.07, 6.45) is 1.20. The third kappa shape index (κ3) is 9.25. The van der Waals surface area contributed by atoms with Crippen LogP contribution in [0.4, 0.5) is 5.69 Å². The molecule has 0 spiro atoms. The summed E-state index contributed by atoms with van der Waals surface area (Å²) in [5, 5.41) is 7.28. The number of amides is 2. The van der Waals surface area contributed by atoms with Gasteiger partial charge in [-0.1, -0.05) is 35.3 Å². The van der Waals surface area contributed by atoms with Crippen LogP contribution in [0.5, 0.6) is 0 Å². The van der Waals surface area contributed by atoms with Crippen molar-refractivity contribution in [1.29, 1.82) is 0 Å². The second kappa shape index (κ2) is 15.0. The highest BCUT2D eigenvalue weighted by molar-refractivity contribution is 7.89. The number of furan rings is 1. The number of rotatable bonds is 13. The van der Waals surface area contributed by atoms with Gasteiger partial charge in [0.15, 0.2) is 0 Å². The molecule has 0 atom stereocenters. The number of hydrogen-bond acceptors (Lipinski definition) is 8. The van der Waals surface area contributed by atoms with Crippen LogP contribution in [0.1, 0.15) is 24.0 Å². The number of carbonyl (C=O) groups is 2. The van der Waals surface area contributed by atoms with Crippen LogP contribution in [-0.2, 0) is 42.7 Å². The third-order valence-corrected chi connectivity index (χ3v) is 10.5. The summed E-state index contributed by atoms with van der Waals surface area (Å²) in [4.78, 5) is 23.6. The average Bonchev–Trinajstić information content (AvgIpc) is 3.45. The number of hydrogen-bond donors (Lipinski definition) is 2. The van der Waals surface area contributed by atoms with Gasteiger partial charge in [-0.3, -0.25) is 9.59 Å². The van der Waals surface area contributed by atoms with Gasteiger partial charge in [0.2, 0.25) is 26.0 Å². The van der Waals surface area contributed by atoms with E-state index in [0.29, 0.717) is 27.1 Å². The monoisotopic (exact) mass is 705 g/mol. The van der Waals surface area contributed by atoms with Gasteiger partial charge in [0.05, 0.1) is 29.1 Å². The average molecular weight is 707 g/mol. The molecule has 0 aliphatic heterocycles. The lowest BCUT2D eigenvalue weighted by Gasteiger charge is -2.21. The number of anilines is 1. The van der Waals surface area contributed by atoms with Gasteiger partial charge in [0.25, 0.3) is 5.91 Å². The highest BCUT2D eigenvalue weighted by Crippen LogP contribution is 2.24. The fourth-order valence-corrected chi connectivity index (χ4v) is 6.86. The number of benzene rings is 3. The Morgan fingerprint density at radius 1 is 0.804 bits per heavy atom. The predicted molar refractivity (Wildman–Crippen MR) is 174 cm³/mol. The van der Waals surface area contributed by atoms with E-state index in [1.165, 1.54) is 73.0 Å². The van der Waals surface area contributed by atoms with Crippen molar-refractivity contribution >= 4 is 67.0 Å². The van der Waals surface area contributed by atoms with Crippen LogP contribution >= 0.6 is 23.2 Å². The Bertz CT molecular complexity index is 1930. The highest BCUT2D eigenvalue weighted by atomic mass is 35.5. The van der Waals surface area contributed by atoms with Gasteiger partial charge in [0.1, 0.15) is 11.5 Å². The summed E-state index contributed by atoms with van der Waals surface area (Å²) in [6, 6.07) is 21.2. The van der Waals surface area contributed by atoms with Gasteiger partial charge >= 0.3 is 0 Å². The first-order valence-electron chi connectivity index (χ1n) is 13.5. The highest BCUT2D eigenvalue weighted by Gasteiger charge is 2.26. The molecule has 0 bridgehead atoms. The van der Waals surface area contributed by atoms with Crippen molar-refractivity contribution in [2.24, 2.45) is 5.10 Å². The van der Waals surface area contributed by atoms with Crippen molar-refractivity contribution in [2.75, 3.05) is 18.9 Å². The van der Waals surface area contributed by atoms with Crippen molar-refractivity contribution in [3.63, 3.8) is 0 Å². The molecule has 12 nitrogen and oxygen atoms in total. The first-order chi connectivity index (χ1) is 21.7. The Labute approximate surface area is 276 Å². The summed E-state index contributed by atoms with van der Waals surface area (Å²) in [5.74, 6) is -0.499. The number of carbonyl (C=O) groups excluding carboxylic acids is 2. The normalized spacial score (nSPS) is 12.1. The van der Waals surface area contributed by atoms with Crippen LogP contribution in [0.2, 0.25) is 10.0 Å². The molecule has 242 valence electrons. The SMILES string of the molecule is CC(=O)Nc1ccc(S(=O)(=O)N(C)CC(=O)N/N=C\c2ccc(CN(Cc3ccc(Cl)cc3)S(=O)(=O)c3ccc(Cl)cc3)o2)cc1. The molecule has 46 heavy (non-hydrogen) atoms. The Balaban J connectivity index is 1.40. The van der Waals surface area contributed by atoms with Gasteiger partial charge in [-0.2, -0.15) is 13.7 Å². The first kappa shape index (κ1) is 34.8. The Morgan fingerprint density at radius 2 is 1.37 bits per heavy atom. The van der Waals surface area contributed by atoms with E-state index in [-0.39, 0.29) is 34.5 Å².